The minimum Gasteiger partial charge on any atom is -0.466 e. The van der Waals surface area contributed by atoms with Crippen LogP contribution in [-0.4, -0.2) is 24.3 Å². The van der Waals surface area contributed by atoms with Crippen LogP contribution in [0.2, 0.25) is 0 Å². The van der Waals surface area contributed by atoms with Crippen LogP contribution in [0.4, 0.5) is 0 Å². The van der Waals surface area contributed by atoms with E-state index in [1.165, 1.54) is 29.2 Å². The number of benzene rings is 2. The van der Waals surface area contributed by atoms with Crippen LogP contribution >= 0.6 is 0 Å². The van der Waals surface area contributed by atoms with Crippen molar-refractivity contribution in [3.8, 4) is 0 Å². The molecule has 2 bridgehead atoms. The van der Waals surface area contributed by atoms with Gasteiger partial charge in [0.1, 0.15) is 0 Å². The molecule has 0 saturated carbocycles. The first-order valence-corrected chi connectivity index (χ1v) is 8.14. The topological polar surface area (TPSA) is 46.5 Å². The fraction of sp³-hybridized carbons (Fsp3) is 0.350. The summed E-state index contributed by atoms with van der Waals surface area (Å²) < 4.78 is 5.35. The molecule has 1 N–H and O–H groups in total. The number of aliphatic hydroxyl groups is 1. The van der Waals surface area contributed by atoms with Gasteiger partial charge in [-0.1, -0.05) is 48.5 Å². The second-order valence-electron chi connectivity index (χ2n) is 6.53. The highest BCUT2D eigenvalue weighted by molar-refractivity contribution is 5.66. The monoisotopic (exact) mass is 308 g/mol. The molecule has 3 aliphatic rings. The molecule has 3 heteroatoms. The number of hydrogen-bond acceptors (Lipinski definition) is 3. The SMILES string of the molecule is CC(=O)OC[C@@H]1C2c3ccccc3C(c3ccccc32)[C@@H]1CO. The van der Waals surface area contributed by atoms with Crippen molar-refractivity contribution in [3.63, 3.8) is 0 Å². The molecule has 118 valence electrons. The van der Waals surface area contributed by atoms with Crippen LogP contribution in [-0.2, 0) is 9.53 Å². The van der Waals surface area contributed by atoms with Crippen molar-refractivity contribution < 1.29 is 14.6 Å². The molecule has 0 aliphatic heterocycles. The van der Waals surface area contributed by atoms with Crippen molar-refractivity contribution in [2.75, 3.05) is 13.2 Å². The Morgan fingerprint density at radius 3 is 1.74 bits per heavy atom. The van der Waals surface area contributed by atoms with Crippen molar-refractivity contribution in [1.82, 2.24) is 0 Å². The van der Waals surface area contributed by atoms with E-state index >= 15 is 0 Å². The molecule has 5 rings (SSSR count). The molecule has 3 aliphatic carbocycles. The first kappa shape index (κ1) is 14.5. The van der Waals surface area contributed by atoms with E-state index in [-0.39, 0.29) is 36.2 Å². The third-order valence-corrected chi connectivity index (χ3v) is 5.43. The predicted octanol–water partition coefficient (Wildman–Crippen LogP) is 3.07. The van der Waals surface area contributed by atoms with Gasteiger partial charge in [0.15, 0.2) is 0 Å². The molecule has 3 nitrogen and oxygen atoms in total. The summed E-state index contributed by atoms with van der Waals surface area (Å²) in [5, 5.41) is 10.1. The van der Waals surface area contributed by atoms with Crippen LogP contribution in [0.3, 0.4) is 0 Å². The van der Waals surface area contributed by atoms with Crippen molar-refractivity contribution in [1.29, 1.82) is 0 Å². The van der Waals surface area contributed by atoms with E-state index in [4.69, 9.17) is 4.74 Å². The van der Waals surface area contributed by atoms with Gasteiger partial charge in [0.05, 0.1) is 6.61 Å². The number of fused-ring (bicyclic) bond motifs is 1. The molecule has 0 fully saturated rings. The number of rotatable bonds is 3. The van der Waals surface area contributed by atoms with E-state index in [0.717, 1.165) is 0 Å². The molecule has 0 saturated heterocycles. The van der Waals surface area contributed by atoms with Gasteiger partial charge < -0.3 is 9.84 Å². The van der Waals surface area contributed by atoms with Crippen molar-refractivity contribution in [2.24, 2.45) is 11.8 Å². The van der Waals surface area contributed by atoms with Crippen LogP contribution in [0.1, 0.15) is 41.0 Å². The maximum Gasteiger partial charge on any atom is 0.302 e. The van der Waals surface area contributed by atoms with Gasteiger partial charge in [-0.15, -0.1) is 0 Å². The van der Waals surface area contributed by atoms with Crippen LogP contribution in [0.25, 0.3) is 0 Å². The Bertz CT molecular complexity index is 705. The Labute approximate surface area is 135 Å². The predicted molar refractivity (Wildman–Crippen MR) is 87.3 cm³/mol. The lowest BCUT2D eigenvalue weighted by atomic mass is 9.54. The molecule has 0 heterocycles. The molecule has 0 spiro atoms. The number of aliphatic hydroxyl groups excluding tert-OH is 1. The number of hydrogen-bond donors (Lipinski definition) is 1. The molecular weight excluding hydrogens is 288 g/mol. The highest BCUT2D eigenvalue weighted by Crippen LogP contribution is 2.57. The Balaban J connectivity index is 1.87. The summed E-state index contributed by atoms with van der Waals surface area (Å²) >= 11 is 0. The smallest absolute Gasteiger partial charge is 0.302 e. The quantitative estimate of drug-likeness (QED) is 0.887. The molecule has 2 atom stereocenters. The maximum absolute atomic E-state index is 11.3. The minimum atomic E-state index is -0.260. The summed E-state index contributed by atoms with van der Waals surface area (Å²) in [6.07, 6.45) is 0. The highest BCUT2D eigenvalue weighted by Gasteiger charge is 2.49. The summed E-state index contributed by atoms with van der Waals surface area (Å²) in [5.41, 5.74) is 5.26. The van der Waals surface area contributed by atoms with Crippen molar-refractivity contribution in [2.45, 2.75) is 18.8 Å². The molecule has 0 amide bonds. The van der Waals surface area contributed by atoms with Crippen LogP contribution in [0, 0.1) is 11.8 Å². The standard InChI is InChI=1S/C20H20O3/c1-12(22)23-11-18-17(10-21)19-13-6-2-4-8-15(13)20(18)16-9-5-3-7-14(16)19/h2-9,17-21H,10-11H2,1H3/t17-,18+,19?,20?/m1/s1. The van der Waals surface area contributed by atoms with E-state index in [2.05, 4.69) is 48.5 Å². The van der Waals surface area contributed by atoms with E-state index in [9.17, 15) is 9.90 Å². The Morgan fingerprint density at radius 1 is 0.913 bits per heavy atom. The van der Waals surface area contributed by atoms with Gasteiger partial charge in [-0.3, -0.25) is 4.79 Å². The van der Waals surface area contributed by atoms with E-state index < -0.39 is 0 Å². The van der Waals surface area contributed by atoms with Crippen LogP contribution < -0.4 is 0 Å². The second-order valence-corrected chi connectivity index (χ2v) is 6.53. The van der Waals surface area contributed by atoms with Gasteiger partial charge in [0.25, 0.3) is 0 Å². The van der Waals surface area contributed by atoms with E-state index in [1.807, 2.05) is 0 Å². The van der Waals surface area contributed by atoms with Gasteiger partial charge in [0.2, 0.25) is 0 Å². The summed E-state index contributed by atoms with van der Waals surface area (Å²) in [7, 11) is 0. The molecule has 0 unspecified atom stereocenters. The summed E-state index contributed by atoms with van der Waals surface area (Å²) in [6, 6.07) is 17.0. The zero-order valence-electron chi connectivity index (χ0n) is 13.1. The largest absolute Gasteiger partial charge is 0.466 e. The Kier molecular flexibility index (Phi) is 3.46. The third-order valence-electron chi connectivity index (χ3n) is 5.43. The zero-order chi connectivity index (χ0) is 16.0. The fourth-order valence-corrected chi connectivity index (χ4v) is 4.58. The third kappa shape index (κ3) is 2.11. The molecule has 0 aromatic heterocycles. The number of carbonyl (C=O) groups is 1. The zero-order valence-corrected chi connectivity index (χ0v) is 13.1. The highest BCUT2D eigenvalue weighted by atomic mass is 16.5. The molecule has 2 aromatic rings. The summed E-state index contributed by atoms with van der Waals surface area (Å²) in [5.74, 6) is 0.314. The normalized spacial score (nSPS) is 27.2. The molecule has 23 heavy (non-hydrogen) atoms. The van der Waals surface area contributed by atoms with E-state index in [1.54, 1.807) is 0 Å². The molecular formula is C20H20O3. The first-order chi connectivity index (χ1) is 11.2. The van der Waals surface area contributed by atoms with Crippen LogP contribution in [0.5, 0.6) is 0 Å². The fourth-order valence-electron chi connectivity index (χ4n) is 4.58. The Hall–Kier alpha value is -2.13. The van der Waals surface area contributed by atoms with Crippen molar-refractivity contribution in [3.05, 3.63) is 70.8 Å². The average Bonchev–Trinajstić information content (AvgIpc) is 2.59. The maximum atomic E-state index is 11.3. The number of esters is 1. The van der Waals surface area contributed by atoms with Gasteiger partial charge in [-0.25, -0.2) is 0 Å². The lowest BCUT2D eigenvalue weighted by Crippen LogP contribution is -2.43. The molecule has 2 aromatic carbocycles. The lowest BCUT2D eigenvalue weighted by molar-refractivity contribution is -0.143. The Morgan fingerprint density at radius 2 is 1.35 bits per heavy atom. The lowest BCUT2D eigenvalue weighted by Gasteiger charge is -2.50. The van der Waals surface area contributed by atoms with Crippen LogP contribution in [0.15, 0.2) is 48.5 Å². The van der Waals surface area contributed by atoms with Gasteiger partial charge in [-0.2, -0.15) is 0 Å². The molecule has 0 radical (unpaired) electrons. The number of carbonyl (C=O) groups excluding carboxylic acids is 1. The van der Waals surface area contributed by atoms with Crippen molar-refractivity contribution >= 4 is 5.97 Å². The van der Waals surface area contributed by atoms with Gasteiger partial charge in [-0.05, 0) is 28.2 Å². The summed E-state index contributed by atoms with van der Waals surface area (Å²) in [4.78, 5) is 11.3. The van der Waals surface area contributed by atoms with Gasteiger partial charge >= 0.3 is 5.97 Å². The minimum absolute atomic E-state index is 0.0872. The summed E-state index contributed by atoms with van der Waals surface area (Å²) in [6.45, 7) is 1.91. The number of ether oxygens (including phenoxy) is 1. The van der Waals surface area contributed by atoms with E-state index in [0.29, 0.717) is 6.61 Å². The average molecular weight is 308 g/mol. The van der Waals surface area contributed by atoms with Gasteiger partial charge in [0, 0.05) is 31.3 Å². The second kappa shape index (κ2) is 5.50. The first-order valence-electron chi connectivity index (χ1n) is 8.14.